The number of nitrogens with one attached hydrogen (secondary N) is 2. The third-order valence-corrected chi connectivity index (χ3v) is 5.24. The first kappa shape index (κ1) is 20.4. The molecule has 2 amide bonds. The van der Waals surface area contributed by atoms with Crippen molar-refractivity contribution in [2.24, 2.45) is 0 Å². The van der Waals surface area contributed by atoms with Gasteiger partial charge in [-0.15, -0.1) is 0 Å². The van der Waals surface area contributed by atoms with E-state index in [-0.39, 0.29) is 11.7 Å². The van der Waals surface area contributed by atoms with Gasteiger partial charge in [0.2, 0.25) is 5.91 Å². The summed E-state index contributed by atoms with van der Waals surface area (Å²) in [6, 6.07) is 6.38. The predicted octanol–water partition coefficient (Wildman–Crippen LogP) is 2.08. The number of amides is 2. The largest absolute Gasteiger partial charge is 0.444 e. The van der Waals surface area contributed by atoms with Gasteiger partial charge in [-0.2, -0.15) is 0 Å². The maximum absolute atomic E-state index is 13.7. The number of ether oxygens (including phenoxy) is 1. The minimum Gasteiger partial charge on any atom is -0.444 e. The highest BCUT2D eigenvalue weighted by molar-refractivity contribution is 5.93. The van der Waals surface area contributed by atoms with Gasteiger partial charge in [-0.1, -0.05) is 6.07 Å². The van der Waals surface area contributed by atoms with Gasteiger partial charge in [-0.05, 0) is 51.8 Å². The van der Waals surface area contributed by atoms with Crippen molar-refractivity contribution >= 4 is 17.7 Å². The quantitative estimate of drug-likeness (QED) is 0.821. The highest BCUT2D eigenvalue weighted by Crippen LogP contribution is 2.36. The van der Waals surface area contributed by atoms with Crippen molar-refractivity contribution in [1.29, 1.82) is 0 Å². The predicted molar refractivity (Wildman–Crippen MR) is 105 cm³/mol. The Morgan fingerprint density at radius 1 is 1.32 bits per heavy atom. The molecule has 7 nitrogen and oxygen atoms in total. The Morgan fingerprint density at radius 2 is 2.04 bits per heavy atom. The van der Waals surface area contributed by atoms with Crippen molar-refractivity contribution in [3.05, 3.63) is 30.1 Å². The van der Waals surface area contributed by atoms with Crippen molar-refractivity contribution in [2.45, 2.75) is 44.8 Å². The minimum atomic E-state index is -0.636. The van der Waals surface area contributed by atoms with Crippen LogP contribution in [0.25, 0.3) is 0 Å². The van der Waals surface area contributed by atoms with E-state index in [1.54, 1.807) is 6.07 Å². The summed E-state index contributed by atoms with van der Waals surface area (Å²) < 4.78 is 18.9. The van der Waals surface area contributed by atoms with Gasteiger partial charge in [-0.3, -0.25) is 4.79 Å². The number of hydrogen-bond donors (Lipinski definition) is 2. The minimum absolute atomic E-state index is 0.00305. The van der Waals surface area contributed by atoms with Crippen molar-refractivity contribution in [3.8, 4) is 0 Å². The zero-order valence-electron chi connectivity index (χ0n) is 16.8. The lowest BCUT2D eigenvalue weighted by atomic mass is 9.85. The van der Waals surface area contributed by atoms with Crippen LogP contribution >= 0.6 is 0 Å². The second kappa shape index (κ2) is 7.95. The summed E-state index contributed by atoms with van der Waals surface area (Å²) in [5.74, 6) is -0.305. The number of benzene rings is 1. The number of halogens is 1. The summed E-state index contributed by atoms with van der Waals surface area (Å²) in [4.78, 5) is 28.6. The van der Waals surface area contributed by atoms with Crippen LogP contribution in [0, 0.1) is 5.82 Å². The molecule has 2 aliphatic heterocycles. The summed E-state index contributed by atoms with van der Waals surface area (Å²) in [7, 11) is 0. The Balaban J connectivity index is 1.54. The van der Waals surface area contributed by atoms with Gasteiger partial charge >= 0.3 is 6.09 Å². The molecular formula is C20H29FN4O3. The van der Waals surface area contributed by atoms with Gasteiger partial charge in [0.25, 0.3) is 0 Å². The average Bonchev–Trinajstić information content (AvgIpc) is 2.91. The van der Waals surface area contributed by atoms with Crippen molar-refractivity contribution in [3.63, 3.8) is 0 Å². The van der Waals surface area contributed by atoms with Crippen LogP contribution < -0.4 is 15.5 Å². The number of alkyl carbamates (subject to hydrolysis) is 1. The first-order chi connectivity index (χ1) is 13.2. The van der Waals surface area contributed by atoms with Gasteiger partial charge < -0.3 is 25.2 Å². The van der Waals surface area contributed by atoms with E-state index < -0.39 is 17.2 Å². The lowest BCUT2D eigenvalue weighted by molar-refractivity contribution is -0.125. The molecule has 0 unspecified atom stereocenters. The standard InChI is InChI=1S/C20H29FN4O3/c1-19(2,3)28-18(27)22-9-12-24-10-7-20(8-11-24)17(26)23-14-25(20)16-6-4-5-15(21)13-16/h4-6,13H,7-12,14H2,1-3H3,(H,22,27)(H,23,26). The van der Waals surface area contributed by atoms with Crippen LogP contribution in [0.2, 0.25) is 0 Å². The first-order valence-corrected chi connectivity index (χ1v) is 9.70. The van der Waals surface area contributed by atoms with Crippen LogP contribution in [0.1, 0.15) is 33.6 Å². The Kier molecular flexibility index (Phi) is 5.79. The van der Waals surface area contributed by atoms with E-state index in [1.165, 1.54) is 12.1 Å². The van der Waals surface area contributed by atoms with Gasteiger partial charge in [0.05, 0.1) is 6.67 Å². The number of rotatable bonds is 4. The number of anilines is 1. The molecule has 2 fully saturated rings. The fraction of sp³-hybridized carbons (Fsp3) is 0.600. The van der Waals surface area contributed by atoms with E-state index in [1.807, 2.05) is 31.7 Å². The number of carbonyl (C=O) groups is 2. The second-order valence-corrected chi connectivity index (χ2v) is 8.37. The maximum atomic E-state index is 13.7. The number of likely N-dealkylation sites (tertiary alicyclic amines) is 1. The zero-order chi connectivity index (χ0) is 20.4. The summed E-state index contributed by atoms with van der Waals surface area (Å²) in [6.07, 6.45) is 0.886. The van der Waals surface area contributed by atoms with Crippen molar-refractivity contribution in [2.75, 3.05) is 37.7 Å². The maximum Gasteiger partial charge on any atom is 0.407 e. The smallest absolute Gasteiger partial charge is 0.407 e. The Morgan fingerprint density at radius 3 is 2.68 bits per heavy atom. The van der Waals surface area contributed by atoms with E-state index >= 15 is 0 Å². The number of carbonyl (C=O) groups excluding carboxylic acids is 2. The molecule has 8 heteroatoms. The lowest BCUT2D eigenvalue weighted by Crippen LogP contribution is -2.57. The molecule has 28 heavy (non-hydrogen) atoms. The molecule has 0 aromatic heterocycles. The molecule has 2 aliphatic rings. The molecule has 0 radical (unpaired) electrons. The Labute approximate surface area is 165 Å². The van der Waals surface area contributed by atoms with Crippen LogP contribution in [-0.4, -0.2) is 60.9 Å². The Hall–Kier alpha value is -2.35. The van der Waals surface area contributed by atoms with Crippen LogP contribution in [0.4, 0.5) is 14.9 Å². The average molecular weight is 392 g/mol. The second-order valence-electron chi connectivity index (χ2n) is 8.37. The molecule has 0 bridgehead atoms. The topological polar surface area (TPSA) is 73.9 Å². The van der Waals surface area contributed by atoms with E-state index in [2.05, 4.69) is 15.5 Å². The zero-order valence-corrected chi connectivity index (χ0v) is 16.8. The van der Waals surface area contributed by atoms with Crippen LogP contribution in [0.3, 0.4) is 0 Å². The fourth-order valence-corrected chi connectivity index (χ4v) is 3.85. The molecule has 2 heterocycles. The summed E-state index contributed by atoms with van der Waals surface area (Å²) >= 11 is 0. The van der Waals surface area contributed by atoms with E-state index in [0.717, 1.165) is 18.8 Å². The molecule has 0 aliphatic carbocycles. The molecule has 154 valence electrons. The van der Waals surface area contributed by atoms with Crippen LogP contribution in [0.5, 0.6) is 0 Å². The SMILES string of the molecule is CC(C)(C)OC(=O)NCCN1CCC2(CC1)C(=O)NCN2c1cccc(F)c1. The molecule has 0 atom stereocenters. The highest BCUT2D eigenvalue weighted by Gasteiger charge is 2.50. The monoisotopic (exact) mass is 392 g/mol. The summed E-state index contributed by atoms with van der Waals surface area (Å²) in [6.45, 7) is 8.51. The molecule has 1 aromatic rings. The molecule has 1 spiro atoms. The van der Waals surface area contributed by atoms with Gasteiger partial charge in [0.15, 0.2) is 0 Å². The normalized spacial score (nSPS) is 19.6. The third kappa shape index (κ3) is 4.55. The molecule has 2 saturated heterocycles. The van der Waals surface area contributed by atoms with Crippen molar-refractivity contribution in [1.82, 2.24) is 15.5 Å². The molecule has 2 N–H and O–H groups in total. The lowest BCUT2D eigenvalue weighted by Gasteiger charge is -2.43. The Bertz CT molecular complexity index is 726. The van der Waals surface area contributed by atoms with Gasteiger partial charge in [0, 0.05) is 31.9 Å². The highest BCUT2D eigenvalue weighted by atomic mass is 19.1. The van der Waals surface area contributed by atoms with Crippen molar-refractivity contribution < 1.29 is 18.7 Å². The summed E-state index contributed by atoms with van der Waals surface area (Å²) in [5, 5.41) is 5.68. The van der Waals surface area contributed by atoms with E-state index in [9.17, 15) is 14.0 Å². The number of nitrogens with zero attached hydrogens (tertiary/aromatic N) is 2. The third-order valence-electron chi connectivity index (χ3n) is 5.24. The molecule has 0 saturated carbocycles. The first-order valence-electron chi connectivity index (χ1n) is 9.70. The van der Waals surface area contributed by atoms with E-state index in [0.29, 0.717) is 32.6 Å². The van der Waals surface area contributed by atoms with Crippen LogP contribution in [-0.2, 0) is 9.53 Å². The van der Waals surface area contributed by atoms with E-state index in [4.69, 9.17) is 4.74 Å². The summed E-state index contributed by atoms with van der Waals surface area (Å²) in [5.41, 5.74) is -0.431. The number of piperidine rings is 1. The van der Waals surface area contributed by atoms with Gasteiger partial charge in [-0.25, -0.2) is 9.18 Å². The molecular weight excluding hydrogens is 363 g/mol. The fourth-order valence-electron chi connectivity index (χ4n) is 3.85. The number of hydrogen-bond acceptors (Lipinski definition) is 5. The van der Waals surface area contributed by atoms with Crippen LogP contribution in [0.15, 0.2) is 24.3 Å². The molecule has 3 rings (SSSR count). The van der Waals surface area contributed by atoms with Gasteiger partial charge in [0.1, 0.15) is 17.0 Å². The molecule has 1 aromatic carbocycles.